The zero-order chi connectivity index (χ0) is 18.1. The summed E-state index contributed by atoms with van der Waals surface area (Å²) in [5, 5.41) is 5.81. The Kier molecular flexibility index (Phi) is 6.88. The molecule has 0 atom stereocenters. The predicted octanol–water partition coefficient (Wildman–Crippen LogP) is 3.12. The van der Waals surface area contributed by atoms with E-state index in [0.29, 0.717) is 17.1 Å². The molecule has 0 radical (unpaired) electrons. The Hall–Kier alpha value is -2.96. The molecule has 0 spiro atoms. The maximum absolute atomic E-state index is 12.3. The van der Waals surface area contributed by atoms with Gasteiger partial charge in [0.2, 0.25) is 0 Å². The van der Waals surface area contributed by atoms with E-state index < -0.39 is 11.9 Å². The molecule has 7 heteroatoms. The molecule has 0 aliphatic rings. The van der Waals surface area contributed by atoms with Crippen molar-refractivity contribution in [3.8, 4) is 0 Å². The topological polar surface area (TPSA) is 93.2 Å². The standard InChI is InChI=1S/C18H22N4O3/c1-3-5-10-19-16-12-20-15(11-21-16)17(23)22-14-9-7-6-8-13(14)18(24)25-4-2/h6-9,11-12H,3-5,10H2,1-2H3,(H,19,21)(H,22,23). The predicted molar refractivity (Wildman–Crippen MR) is 95.8 cm³/mol. The number of anilines is 2. The van der Waals surface area contributed by atoms with E-state index in [9.17, 15) is 9.59 Å². The van der Waals surface area contributed by atoms with Crippen LogP contribution in [-0.2, 0) is 4.74 Å². The lowest BCUT2D eigenvalue weighted by molar-refractivity contribution is 0.0527. The molecule has 1 aromatic carbocycles. The van der Waals surface area contributed by atoms with Crippen molar-refractivity contribution in [2.45, 2.75) is 26.7 Å². The number of para-hydroxylation sites is 1. The number of esters is 1. The smallest absolute Gasteiger partial charge is 0.340 e. The first-order valence-electron chi connectivity index (χ1n) is 8.29. The summed E-state index contributed by atoms with van der Waals surface area (Å²) in [6.07, 6.45) is 5.04. The summed E-state index contributed by atoms with van der Waals surface area (Å²) in [4.78, 5) is 32.6. The number of nitrogens with zero attached hydrogens (tertiary/aromatic N) is 2. The molecule has 1 aromatic heterocycles. The Labute approximate surface area is 146 Å². The fourth-order valence-corrected chi connectivity index (χ4v) is 2.10. The summed E-state index contributed by atoms with van der Waals surface area (Å²) in [6, 6.07) is 6.67. The highest BCUT2D eigenvalue weighted by molar-refractivity contribution is 6.06. The first-order valence-corrected chi connectivity index (χ1v) is 8.29. The summed E-state index contributed by atoms with van der Waals surface area (Å²) in [6.45, 7) is 4.91. The maximum Gasteiger partial charge on any atom is 0.340 e. The lowest BCUT2D eigenvalue weighted by Crippen LogP contribution is -2.17. The highest BCUT2D eigenvalue weighted by Crippen LogP contribution is 2.17. The van der Waals surface area contributed by atoms with E-state index >= 15 is 0 Å². The number of benzene rings is 1. The fourth-order valence-electron chi connectivity index (χ4n) is 2.10. The molecule has 2 N–H and O–H groups in total. The number of hydrogen-bond acceptors (Lipinski definition) is 6. The number of aromatic nitrogens is 2. The number of unbranched alkanes of at least 4 members (excludes halogenated alkanes) is 1. The van der Waals surface area contributed by atoms with Gasteiger partial charge in [-0.1, -0.05) is 25.5 Å². The summed E-state index contributed by atoms with van der Waals surface area (Å²) >= 11 is 0. The van der Waals surface area contributed by atoms with Gasteiger partial charge in [-0.05, 0) is 25.5 Å². The van der Waals surface area contributed by atoms with Gasteiger partial charge in [0.15, 0.2) is 0 Å². The Morgan fingerprint density at radius 2 is 1.92 bits per heavy atom. The molecule has 1 amide bonds. The second-order valence-corrected chi connectivity index (χ2v) is 5.29. The molecule has 25 heavy (non-hydrogen) atoms. The quantitative estimate of drug-likeness (QED) is 0.565. The summed E-state index contributed by atoms with van der Waals surface area (Å²) < 4.78 is 4.99. The zero-order valence-corrected chi connectivity index (χ0v) is 14.4. The Morgan fingerprint density at radius 3 is 2.60 bits per heavy atom. The second kappa shape index (κ2) is 9.36. The summed E-state index contributed by atoms with van der Waals surface area (Å²) in [5.41, 5.74) is 0.834. The van der Waals surface area contributed by atoms with Gasteiger partial charge in [-0.2, -0.15) is 0 Å². The van der Waals surface area contributed by atoms with Crippen molar-refractivity contribution in [2.24, 2.45) is 0 Å². The van der Waals surface area contributed by atoms with E-state index in [1.807, 2.05) is 0 Å². The van der Waals surface area contributed by atoms with E-state index in [2.05, 4.69) is 27.5 Å². The van der Waals surface area contributed by atoms with Crippen LogP contribution >= 0.6 is 0 Å². The molecule has 132 valence electrons. The van der Waals surface area contributed by atoms with Gasteiger partial charge in [0.1, 0.15) is 11.5 Å². The first kappa shape index (κ1) is 18.4. The lowest BCUT2D eigenvalue weighted by Gasteiger charge is -2.10. The normalized spacial score (nSPS) is 10.2. The monoisotopic (exact) mass is 342 g/mol. The van der Waals surface area contributed by atoms with Crippen LogP contribution in [0.4, 0.5) is 11.5 Å². The van der Waals surface area contributed by atoms with Crippen molar-refractivity contribution in [2.75, 3.05) is 23.8 Å². The minimum atomic E-state index is -0.486. The van der Waals surface area contributed by atoms with E-state index in [-0.39, 0.29) is 12.3 Å². The van der Waals surface area contributed by atoms with Crippen LogP contribution in [0.5, 0.6) is 0 Å². The summed E-state index contributed by atoms with van der Waals surface area (Å²) in [5.74, 6) is -0.304. The van der Waals surface area contributed by atoms with Gasteiger partial charge in [0.05, 0.1) is 30.3 Å². The number of carbonyl (C=O) groups is 2. The Balaban J connectivity index is 2.06. The molecule has 0 aliphatic heterocycles. The third-order valence-electron chi connectivity index (χ3n) is 3.39. The molecule has 0 saturated heterocycles. The molecule has 1 heterocycles. The Morgan fingerprint density at radius 1 is 1.12 bits per heavy atom. The van der Waals surface area contributed by atoms with E-state index in [1.165, 1.54) is 12.4 Å². The molecule has 0 saturated carbocycles. The summed E-state index contributed by atoms with van der Waals surface area (Å²) in [7, 11) is 0. The van der Waals surface area contributed by atoms with Crippen molar-refractivity contribution < 1.29 is 14.3 Å². The molecule has 7 nitrogen and oxygen atoms in total. The molecule has 0 bridgehead atoms. The Bertz CT molecular complexity index is 717. The molecule has 0 unspecified atom stereocenters. The largest absolute Gasteiger partial charge is 0.462 e. The van der Waals surface area contributed by atoms with Crippen molar-refractivity contribution >= 4 is 23.4 Å². The molecular weight excluding hydrogens is 320 g/mol. The van der Waals surface area contributed by atoms with E-state index in [4.69, 9.17) is 4.74 Å². The van der Waals surface area contributed by atoms with Crippen molar-refractivity contribution in [3.05, 3.63) is 47.9 Å². The molecule has 2 aromatic rings. The van der Waals surface area contributed by atoms with Gasteiger partial charge >= 0.3 is 5.97 Å². The highest BCUT2D eigenvalue weighted by Gasteiger charge is 2.15. The number of rotatable bonds is 8. The average Bonchev–Trinajstić information content (AvgIpc) is 2.63. The SMILES string of the molecule is CCCCNc1cnc(C(=O)Nc2ccccc2C(=O)OCC)cn1. The second-order valence-electron chi connectivity index (χ2n) is 5.29. The van der Waals surface area contributed by atoms with Crippen molar-refractivity contribution in [1.29, 1.82) is 0 Å². The van der Waals surface area contributed by atoms with Crippen LogP contribution < -0.4 is 10.6 Å². The number of nitrogens with one attached hydrogen (secondary N) is 2. The average molecular weight is 342 g/mol. The van der Waals surface area contributed by atoms with Gasteiger partial charge < -0.3 is 15.4 Å². The van der Waals surface area contributed by atoms with Crippen LogP contribution in [0.15, 0.2) is 36.7 Å². The third kappa shape index (κ3) is 5.27. The van der Waals surface area contributed by atoms with Crippen LogP contribution in [0.25, 0.3) is 0 Å². The molecule has 0 fully saturated rings. The van der Waals surface area contributed by atoms with E-state index in [1.54, 1.807) is 31.2 Å². The third-order valence-corrected chi connectivity index (χ3v) is 3.39. The van der Waals surface area contributed by atoms with Crippen LogP contribution in [0.2, 0.25) is 0 Å². The highest BCUT2D eigenvalue weighted by atomic mass is 16.5. The molecule has 0 aliphatic carbocycles. The fraction of sp³-hybridized carbons (Fsp3) is 0.333. The van der Waals surface area contributed by atoms with Crippen molar-refractivity contribution in [1.82, 2.24) is 9.97 Å². The number of ether oxygens (including phenoxy) is 1. The lowest BCUT2D eigenvalue weighted by atomic mass is 10.1. The van der Waals surface area contributed by atoms with Crippen LogP contribution in [0.3, 0.4) is 0 Å². The van der Waals surface area contributed by atoms with E-state index in [0.717, 1.165) is 19.4 Å². The minimum Gasteiger partial charge on any atom is -0.462 e. The number of carbonyl (C=O) groups excluding carboxylic acids is 2. The van der Waals surface area contributed by atoms with Gasteiger partial charge in [-0.3, -0.25) is 4.79 Å². The van der Waals surface area contributed by atoms with Crippen LogP contribution in [0.1, 0.15) is 47.5 Å². The van der Waals surface area contributed by atoms with Crippen LogP contribution in [0, 0.1) is 0 Å². The van der Waals surface area contributed by atoms with Crippen LogP contribution in [-0.4, -0.2) is 35.0 Å². The molecular formula is C18H22N4O3. The zero-order valence-electron chi connectivity index (χ0n) is 14.4. The minimum absolute atomic E-state index is 0.166. The maximum atomic E-state index is 12.3. The number of amides is 1. The van der Waals surface area contributed by atoms with Gasteiger partial charge in [0.25, 0.3) is 5.91 Å². The molecule has 2 rings (SSSR count). The van der Waals surface area contributed by atoms with Gasteiger partial charge in [-0.15, -0.1) is 0 Å². The van der Waals surface area contributed by atoms with Gasteiger partial charge in [-0.25, -0.2) is 14.8 Å². The van der Waals surface area contributed by atoms with Crippen molar-refractivity contribution in [3.63, 3.8) is 0 Å². The number of hydrogen-bond donors (Lipinski definition) is 2. The van der Waals surface area contributed by atoms with Gasteiger partial charge in [0, 0.05) is 6.54 Å². The first-order chi connectivity index (χ1) is 12.2.